The average molecular weight is 242 g/mol. The molecule has 4 nitrogen and oxygen atoms in total. The Morgan fingerprint density at radius 3 is 1.81 bits per heavy atom. The van der Waals surface area contributed by atoms with Crippen LogP contribution in [0.25, 0.3) is 0 Å². The van der Waals surface area contributed by atoms with Crippen molar-refractivity contribution in [2.45, 2.75) is 18.1 Å². The molecular weight excluding hydrogens is 222 g/mol. The summed E-state index contributed by atoms with van der Waals surface area (Å²) in [7, 11) is 5.64. The van der Waals surface area contributed by atoms with Crippen LogP contribution in [0, 0.1) is 0 Å². The first-order chi connectivity index (χ1) is 7.54. The highest BCUT2D eigenvalue weighted by Crippen LogP contribution is 2.26. The molecule has 0 amide bonds. The second kappa shape index (κ2) is 5.05. The molecule has 90 valence electrons. The van der Waals surface area contributed by atoms with E-state index in [0.717, 1.165) is 10.2 Å². The van der Waals surface area contributed by atoms with E-state index in [9.17, 15) is 0 Å². The summed E-state index contributed by atoms with van der Waals surface area (Å²) in [5, 5.41) is -0.599. The molecule has 1 heterocycles. The van der Waals surface area contributed by atoms with Crippen molar-refractivity contribution in [1.82, 2.24) is 0 Å². The molecule has 1 aromatic heterocycles. The highest BCUT2D eigenvalue weighted by Gasteiger charge is 2.54. The van der Waals surface area contributed by atoms with Crippen molar-refractivity contribution in [3.63, 3.8) is 0 Å². The molecule has 0 aromatic carbocycles. The maximum Gasteiger partial charge on any atom is 0.287 e. The van der Waals surface area contributed by atoms with E-state index in [-0.39, 0.29) is 0 Å². The second-order valence-corrected chi connectivity index (χ2v) is 5.18. The highest BCUT2D eigenvalue weighted by atomic mass is 28.1. The highest BCUT2D eigenvalue weighted by molar-refractivity contribution is 6.12. The molecule has 5 heteroatoms. The maximum atomic E-state index is 5.65. The Bertz CT molecular complexity index is 329. The molecule has 1 aromatic rings. The molecule has 1 atom stereocenters. The van der Waals surface area contributed by atoms with Crippen LogP contribution in [0.4, 0.5) is 0 Å². The first-order valence-corrected chi connectivity index (χ1v) is 6.16. The van der Waals surface area contributed by atoms with Gasteiger partial charge in [0.2, 0.25) is 0 Å². The maximum absolute atomic E-state index is 5.65. The Hall–Kier alpha value is -0.753. The Morgan fingerprint density at radius 1 is 0.938 bits per heavy atom. The van der Waals surface area contributed by atoms with Gasteiger partial charge in [0, 0.05) is 33.5 Å². The molecule has 0 aliphatic rings. The van der Waals surface area contributed by atoms with Crippen LogP contribution >= 0.6 is 0 Å². The van der Waals surface area contributed by atoms with Gasteiger partial charge in [0.25, 0.3) is 11.1 Å². The van der Waals surface area contributed by atoms with Gasteiger partial charge in [-0.15, -0.1) is 0 Å². The molecule has 0 N–H and O–H groups in total. The monoisotopic (exact) mass is 242 g/mol. The van der Waals surface area contributed by atoms with E-state index >= 15 is 0 Å². The molecule has 0 saturated carbocycles. The van der Waals surface area contributed by atoms with Crippen LogP contribution in [0.2, 0.25) is 0 Å². The summed E-state index contributed by atoms with van der Waals surface area (Å²) in [5.74, 6) is -0.806. The lowest BCUT2D eigenvalue weighted by Crippen LogP contribution is -2.70. The molecule has 16 heavy (non-hydrogen) atoms. The largest absolute Gasteiger partial charge is 0.346 e. The molecule has 1 rings (SSSR count). The van der Waals surface area contributed by atoms with Crippen LogP contribution in [-0.4, -0.2) is 37.4 Å². The van der Waals surface area contributed by atoms with E-state index in [1.54, 1.807) is 21.3 Å². The van der Waals surface area contributed by atoms with Gasteiger partial charge in [-0.1, -0.05) is 6.07 Å². The van der Waals surface area contributed by atoms with Gasteiger partial charge in [-0.3, -0.25) is 0 Å². The SMILES string of the molecule is COC(C)(OC)C([SiH3])(OC)[n+]1ccccc1. The molecule has 0 fully saturated rings. The number of methoxy groups -OCH3 is 3. The van der Waals surface area contributed by atoms with Crippen molar-refractivity contribution in [2.24, 2.45) is 0 Å². The zero-order valence-electron chi connectivity index (χ0n) is 10.6. The Labute approximate surface area is 99.6 Å². The Kier molecular flexibility index (Phi) is 4.20. The number of hydrogen-bond acceptors (Lipinski definition) is 3. The molecule has 0 spiro atoms. The summed E-state index contributed by atoms with van der Waals surface area (Å²) in [5.41, 5.74) is 0. The zero-order chi connectivity index (χ0) is 12.2. The van der Waals surface area contributed by atoms with Crippen LogP contribution in [0.1, 0.15) is 6.92 Å². The topological polar surface area (TPSA) is 31.6 Å². The Morgan fingerprint density at radius 2 is 1.44 bits per heavy atom. The van der Waals surface area contributed by atoms with Crippen LogP contribution in [0.5, 0.6) is 0 Å². The molecule has 1 unspecified atom stereocenters. The lowest BCUT2D eigenvalue weighted by molar-refractivity contribution is -0.807. The molecule has 0 aliphatic carbocycles. The van der Waals surface area contributed by atoms with Gasteiger partial charge in [0.1, 0.15) is 10.2 Å². The predicted molar refractivity (Wildman–Crippen MR) is 64.0 cm³/mol. The third-order valence-electron chi connectivity index (χ3n) is 3.23. The van der Waals surface area contributed by atoms with Crippen molar-refractivity contribution in [3.05, 3.63) is 30.6 Å². The lowest BCUT2D eigenvalue weighted by atomic mass is 10.2. The van der Waals surface area contributed by atoms with Crippen molar-refractivity contribution < 1.29 is 18.8 Å². The fourth-order valence-electron chi connectivity index (χ4n) is 1.67. The second-order valence-electron chi connectivity index (χ2n) is 3.82. The third-order valence-corrected chi connectivity index (χ3v) is 5.06. The van der Waals surface area contributed by atoms with E-state index < -0.39 is 11.1 Å². The molecule has 0 aliphatic heterocycles. The Balaban J connectivity index is 3.21. The van der Waals surface area contributed by atoms with Crippen molar-refractivity contribution in [2.75, 3.05) is 21.3 Å². The molecule has 0 bridgehead atoms. The normalized spacial score (nSPS) is 16.0. The first kappa shape index (κ1) is 13.3. The minimum Gasteiger partial charge on any atom is -0.346 e. The van der Waals surface area contributed by atoms with Gasteiger partial charge < -0.3 is 14.2 Å². The smallest absolute Gasteiger partial charge is 0.287 e. The van der Waals surface area contributed by atoms with Crippen molar-refractivity contribution in [3.8, 4) is 0 Å². The summed E-state index contributed by atoms with van der Waals surface area (Å²) in [6, 6.07) is 5.87. The number of ether oxygens (including phenoxy) is 3. The number of nitrogens with zero attached hydrogens (tertiary/aromatic N) is 1. The molecule has 0 radical (unpaired) electrons. The molecule has 0 saturated heterocycles. The number of rotatable bonds is 5. The molecular formula is C11H20NO3Si+. The standard InChI is InChI=1S/C11H20NO3Si/c1-10(13-2,14-3)11(16,15-4)12-8-6-5-7-9-12/h5-9H,1-4,16H3/q+1. The number of pyridine rings is 1. The minimum atomic E-state index is -0.806. The van der Waals surface area contributed by atoms with Crippen molar-refractivity contribution >= 4 is 10.2 Å². The van der Waals surface area contributed by atoms with Crippen LogP contribution < -0.4 is 4.57 Å². The zero-order valence-corrected chi connectivity index (χ0v) is 12.6. The first-order valence-electron chi connectivity index (χ1n) is 5.16. The van der Waals surface area contributed by atoms with Crippen LogP contribution in [-0.2, 0) is 19.6 Å². The average Bonchev–Trinajstić information content (AvgIpc) is 2.37. The predicted octanol–water partition coefficient (Wildman–Crippen LogP) is -0.395. The van der Waals surface area contributed by atoms with Crippen LogP contribution in [0.3, 0.4) is 0 Å². The fourth-order valence-corrected chi connectivity index (χ4v) is 2.38. The minimum absolute atomic E-state index is 0.599. The third kappa shape index (κ3) is 2.03. The fraction of sp³-hybridized carbons (Fsp3) is 0.545. The van der Waals surface area contributed by atoms with Gasteiger partial charge >= 0.3 is 0 Å². The van der Waals surface area contributed by atoms with E-state index in [1.165, 1.54) is 0 Å². The number of hydrogen-bond donors (Lipinski definition) is 0. The van der Waals surface area contributed by atoms with E-state index in [2.05, 4.69) is 0 Å². The summed E-state index contributed by atoms with van der Waals surface area (Å²) >= 11 is 0. The van der Waals surface area contributed by atoms with Gasteiger partial charge in [-0.05, 0) is 6.92 Å². The quantitative estimate of drug-likeness (QED) is 0.400. The van der Waals surface area contributed by atoms with E-state index in [4.69, 9.17) is 14.2 Å². The van der Waals surface area contributed by atoms with Gasteiger partial charge in [-0.25, -0.2) is 0 Å². The van der Waals surface area contributed by atoms with Crippen LogP contribution in [0.15, 0.2) is 30.6 Å². The summed E-state index contributed by atoms with van der Waals surface area (Å²) in [4.78, 5) is 0. The summed E-state index contributed by atoms with van der Waals surface area (Å²) in [6.45, 7) is 1.88. The van der Waals surface area contributed by atoms with Gasteiger partial charge in [-0.2, -0.15) is 4.57 Å². The summed E-state index contributed by atoms with van der Waals surface area (Å²) in [6.07, 6.45) is 3.90. The number of aromatic nitrogens is 1. The lowest BCUT2D eigenvalue weighted by Gasteiger charge is -2.38. The van der Waals surface area contributed by atoms with Gasteiger partial charge in [0.05, 0.1) is 0 Å². The summed E-state index contributed by atoms with van der Waals surface area (Å²) < 4.78 is 18.6. The van der Waals surface area contributed by atoms with E-state index in [0.29, 0.717) is 0 Å². The van der Waals surface area contributed by atoms with Crippen molar-refractivity contribution in [1.29, 1.82) is 0 Å². The van der Waals surface area contributed by atoms with Gasteiger partial charge in [0.15, 0.2) is 12.4 Å². The van der Waals surface area contributed by atoms with E-state index in [1.807, 2.05) is 42.1 Å².